The molecule has 82 valence electrons. The van der Waals surface area contributed by atoms with E-state index >= 15 is 0 Å². The minimum atomic E-state index is 0.0754. The zero-order valence-corrected chi connectivity index (χ0v) is 9.62. The monoisotopic (exact) mass is 240 g/mol. The Bertz CT molecular complexity index is 719. The van der Waals surface area contributed by atoms with Crippen LogP contribution in [0.25, 0.3) is 16.8 Å². The summed E-state index contributed by atoms with van der Waals surface area (Å²) in [7, 11) is 0. The summed E-state index contributed by atoms with van der Waals surface area (Å²) in [5, 5.41) is 4.14. The van der Waals surface area contributed by atoms with Crippen molar-refractivity contribution in [2.75, 3.05) is 0 Å². The molecule has 3 aromatic heterocycles. The number of nitrogens with zero attached hydrogens (tertiary/aromatic N) is 1. The Kier molecular flexibility index (Phi) is 1.58. The third kappa shape index (κ3) is 1.03. The van der Waals surface area contributed by atoms with E-state index in [1.54, 1.807) is 11.3 Å². The van der Waals surface area contributed by atoms with E-state index in [-0.39, 0.29) is 5.78 Å². The van der Waals surface area contributed by atoms with Crippen molar-refractivity contribution in [1.82, 2.24) is 9.55 Å². The molecule has 0 spiro atoms. The van der Waals surface area contributed by atoms with E-state index in [1.165, 1.54) is 0 Å². The van der Waals surface area contributed by atoms with Gasteiger partial charge in [0.2, 0.25) is 5.78 Å². The second kappa shape index (κ2) is 2.99. The molecule has 1 aliphatic rings. The molecule has 1 aliphatic heterocycles. The van der Waals surface area contributed by atoms with Crippen LogP contribution in [0, 0.1) is 0 Å². The van der Waals surface area contributed by atoms with Crippen LogP contribution in [0.1, 0.15) is 16.2 Å². The number of fused-ring (bicyclic) bond motifs is 3. The third-order valence-corrected chi connectivity index (χ3v) is 3.82. The lowest BCUT2D eigenvalue weighted by atomic mass is 10.1. The SMILES string of the molecule is O=C1c2[nH]cc(-c3ccsc3)c2-n2cccc21. The summed E-state index contributed by atoms with van der Waals surface area (Å²) in [4.78, 5) is 15.2. The molecule has 0 fully saturated rings. The normalized spacial score (nSPS) is 12.8. The Hall–Kier alpha value is -2.07. The second-order valence-corrected chi connectivity index (χ2v) is 4.81. The van der Waals surface area contributed by atoms with Gasteiger partial charge in [-0.05, 0) is 34.5 Å². The second-order valence-electron chi connectivity index (χ2n) is 4.03. The van der Waals surface area contributed by atoms with Gasteiger partial charge in [-0.25, -0.2) is 0 Å². The van der Waals surface area contributed by atoms with E-state index in [9.17, 15) is 4.79 Å². The van der Waals surface area contributed by atoms with Gasteiger partial charge < -0.3 is 9.55 Å². The van der Waals surface area contributed by atoms with Gasteiger partial charge in [-0.3, -0.25) is 4.79 Å². The number of hydrogen-bond donors (Lipinski definition) is 1. The standard InChI is InChI=1S/C13H8N2OS/c16-13-10-2-1-4-15(10)12-9(6-14-11(12)13)8-3-5-17-7-8/h1-7,14H. The van der Waals surface area contributed by atoms with Crippen LogP contribution in [0.2, 0.25) is 0 Å². The minimum absolute atomic E-state index is 0.0754. The van der Waals surface area contributed by atoms with Gasteiger partial charge in [0, 0.05) is 18.0 Å². The van der Waals surface area contributed by atoms with Gasteiger partial charge >= 0.3 is 0 Å². The Morgan fingerprint density at radius 2 is 2.24 bits per heavy atom. The zero-order chi connectivity index (χ0) is 11.4. The van der Waals surface area contributed by atoms with Gasteiger partial charge in [0.05, 0.1) is 11.4 Å². The van der Waals surface area contributed by atoms with Crippen LogP contribution in [0.3, 0.4) is 0 Å². The summed E-state index contributed by atoms with van der Waals surface area (Å²) < 4.78 is 1.96. The highest BCUT2D eigenvalue weighted by Crippen LogP contribution is 2.36. The highest BCUT2D eigenvalue weighted by Gasteiger charge is 2.30. The molecule has 4 heteroatoms. The van der Waals surface area contributed by atoms with Crippen LogP contribution in [0.15, 0.2) is 41.4 Å². The average molecular weight is 240 g/mol. The Morgan fingerprint density at radius 3 is 3.06 bits per heavy atom. The van der Waals surface area contributed by atoms with E-state index in [0.717, 1.165) is 22.5 Å². The molecule has 17 heavy (non-hydrogen) atoms. The number of hydrogen-bond acceptors (Lipinski definition) is 2. The fourth-order valence-corrected chi connectivity index (χ4v) is 3.02. The number of ketones is 1. The smallest absolute Gasteiger partial charge is 0.228 e. The first-order valence-electron chi connectivity index (χ1n) is 5.32. The summed E-state index contributed by atoms with van der Waals surface area (Å²) in [6.45, 7) is 0. The minimum Gasteiger partial charge on any atom is -0.356 e. The number of thiophene rings is 1. The maximum atomic E-state index is 12.1. The van der Waals surface area contributed by atoms with Crippen LogP contribution in [0.5, 0.6) is 0 Å². The predicted molar refractivity (Wildman–Crippen MR) is 66.9 cm³/mol. The number of carbonyl (C=O) groups is 1. The van der Waals surface area contributed by atoms with Crippen molar-refractivity contribution in [2.24, 2.45) is 0 Å². The van der Waals surface area contributed by atoms with Crippen molar-refractivity contribution < 1.29 is 4.79 Å². The number of nitrogens with one attached hydrogen (secondary N) is 1. The van der Waals surface area contributed by atoms with Crippen molar-refractivity contribution in [1.29, 1.82) is 0 Å². The number of aromatic nitrogens is 2. The fourth-order valence-electron chi connectivity index (χ4n) is 2.37. The number of rotatable bonds is 1. The zero-order valence-electron chi connectivity index (χ0n) is 8.81. The first kappa shape index (κ1) is 9.01. The van der Waals surface area contributed by atoms with Gasteiger partial charge in [0.25, 0.3) is 0 Å². The van der Waals surface area contributed by atoms with Crippen LogP contribution in [0.4, 0.5) is 0 Å². The number of H-pyrrole nitrogens is 1. The highest BCUT2D eigenvalue weighted by atomic mass is 32.1. The molecule has 0 aliphatic carbocycles. The molecule has 3 aromatic rings. The highest BCUT2D eigenvalue weighted by molar-refractivity contribution is 7.08. The van der Waals surface area contributed by atoms with Crippen molar-refractivity contribution in [3.8, 4) is 16.8 Å². The molecule has 0 atom stereocenters. The first-order chi connectivity index (χ1) is 8.36. The first-order valence-corrected chi connectivity index (χ1v) is 6.27. The summed E-state index contributed by atoms with van der Waals surface area (Å²) in [6.07, 6.45) is 3.84. The van der Waals surface area contributed by atoms with Gasteiger partial charge in [0.15, 0.2) is 0 Å². The topological polar surface area (TPSA) is 37.8 Å². The molecule has 0 unspecified atom stereocenters. The number of aromatic amines is 1. The van der Waals surface area contributed by atoms with Crippen LogP contribution in [-0.2, 0) is 0 Å². The molecular formula is C13H8N2OS. The summed E-state index contributed by atoms with van der Waals surface area (Å²) in [6, 6.07) is 5.83. The maximum Gasteiger partial charge on any atom is 0.228 e. The summed E-state index contributed by atoms with van der Waals surface area (Å²) >= 11 is 1.66. The molecule has 4 rings (SSSR count). The molecule has 0 amide bonds. The molecular weight excluding hydrogens is 232 g/mol. The van der Waals surface area contributed by atoms with Gasteiger partial charge in [-0.15, -0.1) is 0 Å². The Labute approximate surface area is 101 Å². The molecule has 0 saturated carbocycles. The van der Waals surface area contributed by atoms with Gasteiger partial charge in [0.1, 0.15) is 5.69 Å². The van der Waals surface area contributed by atoms with Crippen molar-refractivity contribution in [3.63, 3.8) is 0 Å². The summed E-state index contributed by atoms with van der Waals surface area (Å²) in [5.41, 5.74) is 4.66. The van der Waals surface area contributed by atoms with E-state index in [4.69, 9.17) is 0 Å². The third-order valence-electron chi connectivity index (χ3n) is 3.13. The van der Waals surface area contributed by atoms with E-state index in [2.05, 4.69) is 16.4 Å². The largest absolute Gasteiger partial charge is 0.356 e. The van der Waals surface area contributed by atoms with Crippen LogP contribution in [-0.4, -0.2) is 15.3 Å². The lowest BCUT2D eigenvalue weighted by Gasteiger charge is -2.01. The molecule has 0 aromatic carbocycles. The Morgan fingerprint density at radius 1 is 1.29 bits per heavy atom. The number of carbonyl (C=O) groups excluding carboxylic acids is 1. The fraction of sp³-hybridized carbons (Fsp3) is 0. The van der Waals surface area contributed by atoms with Crippen LogP contribution < -0.4 is 0 Å². The van der Waals surface area contributed by atoms with Crippen molar-refractivity contribution >= 4 is 17.1 Å². The molecule has 0 saturated heterocycles. The predicted octanol–water partition coefficient (Wildman–Crippen LogP) is 3.08. The van der Waals surface area contributed by atoms with Crippen LogP contribution >= 0.6 is 11.3 Å². The lowest BCUT2D eigenvalue weighted by Crippen LogP contribution is -1.96. The molecule has 0 bridgehead atoms. The quantitative estimate of drug-likeness (QED) is 0.545. The lowest BCUT2D eigenvalue weighted by molar-refractivity contribution is 0.103. The average Bonchev–Trinajstić information content (AvgIpc) is 3.06. The maximum absolute atomic E-state index is 12.1. The van der Waals surface area contributed by atoms with Gasteiger partial charge in [-0.1, -0.05) is 0 Å². The van der Waals surface area contributed by atoms with E-state index in [0.29, 0.717) is 5.69 Å². The van der Waals surface area contributed by atoms with Crippen molar-refractivity contribution in [2.45, 2.75) is 0 Å². The van der Waals surface area contributed by atoms with E-state index < -0.39 is 0 Å². The van der Waals surface area contributed by atoms with Crippen molar-refractivity contribution in [3.05, 3.63) is 52.7 Å². The van der Waals surface area contributed by atoms with Gasteiger partial charge in [-0.2, -0.15) is 11.3 Å². The molecule has 3 nitrogen and oxygen atoms in total. The molecule has 0 radical (unpaired) electrons. The van der Waals surface area contributed by atoms with E-state index in [1.807, 2.05) is 34.5 Å². The molecule has 1 N–H and O–H groups in total. The Balaban J connectivity index is 2.06. The molecule has 4 heterocycles. The summed E-state index contributed by atoms with van der Waals surface area (Å²) in [5.74, 6) is 0.0754.